The lowest BCUT2D eigenvalue weighted by atomic mass is 10.00. The molecule has 0 aliphatic carbocycles. The topological polar surface area (TPSA) is 12.0 Å². The second-order valence-corrected chi connectivity index (χ2v) is 7.12. The fourth-order valence-corrected chi connectivity index (χ4v) is 3.13. The number of benzene rings is 2. The van der Waals surface area contributed by atoms with Crippen LogP contribution in [-0.4, -0.2) is 0 Å². The second-order valence-electron chi connectivity index (χ2n) is 5.83. The van der Waals surface area contributed by atoms with E-state index in [1.165, 1.54) is 11.1 Å². The monoisotopic (exact) mass is 365 g/mol. The lowest BCUT2D eigenvalue weighted by Crippen LogP contribution is -2.07. The van der Waals surface area contributed by atoms with E-state index in [4.69, 9.17) is 11.6 Å². The first-order valence-electron chi connectivity index (χ1n) is 7.26. The van der Waals surface area contributed by atoms with Crippen molar-refractivity contribution in [1.29, 1.82) is 0 Å². The zero-order valence-electron chi connectivity index (χ0n) is 12.7. The summed E-state index contributed by atoms with van der Waals surface area (Å²) in [6, 6.07) is 14.9. The molecule has 112 valence electrons. The van der Waals surface area contributed by atoms with Crippen LogP contribution in [0.15, 0.2) is 46.9 Å². The molecular weight excluding hydrogens is 346 g/mol. The van der Waals surface area contributed by atoms with E-state index < -0.39 is 0 Å². The Bertz CT molecular complexity index is 593. The summed E-state index contributed by atoms with van der Waals surface area (Å²) >= 11 is 9.51. The summed E-state index contributed by atoms with van der Waals surface area (Å²) < 4.78 is 0.985. The summed E-state index contributed by atoms with van der Waals surface area (Å²) in [5, 5.41) is 4.24. The van der Waals surface area contributed by atoms with Gasteiger partial charge in [-0.1, -0.05) is 49.7 Å². The summed E-state index contributed by atoms with van der Waals surface area (Å²) in [4.78, 5) is 0. The molecule has 0 heterocycles. The summed E-state index contributed by atoms with van der Waals surface area (Å²) in [6.07, 6.45) is 1.13. The zero-order valence-corrected chi connectivity index (χ0v) is 15.0. The van der Waals surface area contributed by atoms with Crippen molar-refractivity contribution < 1.29 is 0 Å². The predicted octanol–water partition coefficient (Wildman–Crippen LogP) is 6.47. The lowest BCUT2D eigenvalue weighted by molar-refractivity contribution is 0.647. The van der Waals surface area contributed by atoms with E-state index in [9.17, 15) is 0 Å². The van der Waals surface area contributed by atoms with Crippen LogP contribution in [0.4, 0.5) is 5.69 Å². The van der Waals surface area contributed by atoms with Gasteiger partial charge in [0.15, 0.2) is 0 Å². The molecule has 0 fully saturated rings. The molecule has 1 N–H and O–H groups in total. The molecule has 0 spiro atoms. The van der Waals surface area contributed by atoms with E-state index in [1.54, 1.807) is 0 Å². The first-order valence-corrected chi connectivity index (χ1v) is 8.43. The molecular formula is C18H21BrClN. The molecule has 1 unspecified atom stereocenters. The number of halogens is 2. The van der Waals surface area contributed by atoms with Crippen molar-refractivity contribution in [3.8, 4) is 0 Å². The van der Waals surface area contributed by atoms with Gasteiger partial charge in [0, 0.05) is 21.2 Å². The molecule has 2 aromatic carbocycles. The van der Waals surface area contributed by atoms with Gasteiger partial charge in [0.05, 0.1) is 0 Å². The Kier molecular flexibility index (Phi) is 5.72. The number of rotatable bonds is 5. The molecule has 1 nitrogen and oxygen atoms in total. The molecule has 0 aromatic heterocycles. The van der Waals surface area contributed by atoms with Crippen LogP contribution in [0.25, 0.3) is 0 Å². The summed E-state index contributed by atoms with van der Waals surface area (Å²) in [6.45, 7) is 6.66. The Balaban J connectivity index is 2.07. The van der Waals surface area contributed by atoms with Crippen LogP contribution < -0.4 is 5.32 Å². The Morgan fingerprint density at radius 1 is 1.05 bits per heavy atom. The Labute approximate surface area is 140 Å². The van der Waals surface area contributed by atoms with Crippen molar-refractivity contribution in [1.82, 2.24) is 0 Å². The number of nitrogens with one attached hydrogen (secondary N) is 1. The molecule has 21 heavy (non-hydrogen) atoms. The van der Waals surface area contributed by atoms with Gasteiger partial charge in [-0.15, -0.1) is 0 Å². The zero-order chi connectivity index (χ0) is 15.4. The summed E-state index contributed by atoms with van der Waals surface area (Å²) in [5.74, 6) is 0.691. The molecule has 0 aliphatic heterocycles. The average molecular weight is 367 g/mol. The minimum absolute atomic E-state index is 0.246. The van der Waals surface area contributed by atoms with Crippen LogP contribution >= 0.6 is 27.5 Å². The molecule has 0 bridgehead atoms. The number of hydrogen-bond acceptors (Lipinski definition) is 1. The number of anilines is 1. The first kappa shape index (κ1) is 16.4. The SMILES string of the molecule is CC(C)Cc1ccc(C(C)Nc2ccc(Cl)cc2Br)cc1. The maximum Gasteiger partial charge on any atom is 0.0490 e. The Morgan fingerprint density at radius 2 is 1.71 bits per heavy atom. The smallest absolute Gasteiger partial charge is 0.0490 e. The van der Waals surface area contributed by atoms with Crippen molar-refractivity contribution in [2.24, 2.45) is 5.92 Å². The van der Waals surface area contributed by atoms with Gasteiger partial charge in [-0.05, 0) is 64.5 Å². The molecule has 0 radical (unpaired) electrons. The first-order chi connectivity index (χ1) is 9.95. The molecule has 0 amide bonds. The molecule has 2 rings (SSSR count). The minimum Gasteiger partial charge on any atom is -0.378 e. The van der Waals surface area contributed by atoms with E-state index in [0.717, 1.165) is 21.6 Å². The van der Waals surface area contributed by atoms with Crippen LogP contribution in [0.3, 0.4) is 0 Å². The van der Waals surface area contributed by atoms with Crippen molar-refractivity contribution in [3.05, 3.63) is 63.1 Å². The third-order valence-corrected chi connectivity index (χ3v) is 4.32. The van der Waals surface area contributed by atoms with E-state index in [0.29, 0.717) is 5.92 Å². The molecule has 0 saturated heterocycles. The van der Waals surface area contributed by atoms with Gasteiger partial charge in [0.2, 0.25) is 0 Å². The van der Waals surface area contributed by atoms with E-state index >= 15 is 0 Å². The Morgan fingerprint density at radius 3 is 2.29 bits per heavy atom. The summed E-state index contributed by atoms with van der Waals surface area (Å²) in [5.41, 5.74) is 3.73. The normalized spacial score (nSPS) is 12.5. The molecule has 0 aliphatic rings. The lowest BCUT2D eigenvalue weighted by Gasteiger charge is -2.17. The maximum absolute atomic E-state index is 5.97. The quantitative estimate of drug-likeness (QED) is 0.639. The van der Waals surface area contributed by atoms with Crippen LogP contribution in [0.5, 0.6) is 0 Å². The predicted molar refractivity (Wildman–Crippen MR) is 96.2 cm³/mol. The molecule has 0 saturated carbocycles. The standard InChI is InChI=1S/C18H21BrClN/c1-12(2)10-14-4-6-15(7-5-14)13(3)21-18-9-8-16(20)11-17(18)19/h4-9,11-13,21H,10H2,1-3H3. The third-order valence-electron chi connectivity index (χ3n) is 3.43. The van der Waals surface area contributed by atoms with Crippen molar-refractivity contribution in [2.75, 3.05) is 5.32 Å². The van der Waals surface area contributed by atoms with Gasteiger partial charge in [-0.25, -0.2) is 0 Å². The van der Waals surface area contributed by atoms with Crippen LogP contribution in [-0.2, 0) is 6.42 Å². The summed E-state index contributed by atoms with van der Waals surface area (Å²) in [7, 11) is 0. The maximum atomic E-state index is 5.97. The fraction of sp³-hybridized carbons (Fsp3) is 0.333. The average Bonchev–Trinajstić information content (AvgIpc) is 2.42. The Hall–Kier alpha value is -0.990. The van der Waals surface area contributed by atoms with E-state index in [2.05, 4.69) is 66.3 Å². The van der Waals surface area contributed by atoms with Crippen molar-refractivity contribution >= 4 is 33.2 Å². The van der Waals surface area contributed by atoms with Crippen LogP contribution in [0.1, 0.15) is 37.9 Å². The fourth-order valence-electron chi connectivity index (χ4n) is 2.34. The van der Waals surface area contributed by atoms with Crippen LogP contribution in [0.2, 0.25) is 5.02 Å². The van der Waals surface area contributed by atoms with Gasteiger partial charge < -0.3 is 5.32 Å². The highest BCUT2D eigenvalue weighted by atomic mass is 79.9. The van der Waals surface area contributed by atoms with Crippen LogP contribution in [0, 0.1) is 5.92 Å². The van der Waals surface area contributed by atoms with Crippen molar-refractivity contribution in [3.63, 3.8) is 0 Å². The highest BCUT2D eigenvalue weighted by Crippen LogP contribution is 2.29. The van der Waals surface area contributed by atoms with Crippen molar-refractivity contribution in [2.45, 2.75) is 33.2 Å². The van der Waals surface area contributed by atoms with E-state index in [-0.39, 0.29) is 6.04 Å². The largest absolute Gasteiger partial charge is 0.378 e. The molecule has 2 aromatic rings. The molecule has 1 atom stereocenters. The van der Waals surface area contributed by atoms with Gasteiger partial charge in [-0.3, -0.25) is 0 Å². The van der Waals surface area contributed by atoms with Gasteiger partial charge in [0.25, 0.3) is 0 Å². The number of hydrogen-bond donors (Lipinski definition) is 1. The van der Waals surface area contributed by atoms with Gasteiger partial charge in [-0.2, -0.15) is 0 Å². The van der Waals surface area contributed by atoms with Gasteiger partial charge >= 0.3 is 0 Å². The molecule has 3 heteroatoms. The second kappa shape index (κ2) is 7.33. The minimum atomic E-state index is 0.246. The van der Waals surface area contributed by atoms with E-state index in [1.807, 2.05) is 18.2 Å². The third kappa shape index (κ3) is 4.76. The highest BCUT2D eigenvalue weighted by Gasteiger charge is 2.08. The van der Waals surface area contributed by atoms with Gasteiger partial charge in [0.1, 0.15) is 0 Å². The highest BCUT2D eigenvalue weighted by molar-refractivity contribution is 9.10.